The van der Waals surface area contributed by atoms with Crippen LogP contribution in [0.4, 0.5) is 4.79 Å². The van der Waals surface area contributed by atoms with Crippen LogP contribution in [-0.2, 0) is 0 Å². The normalized spacial score (nSPS) is 23.4. The number of thiazole rings is 1. The highest BCUT2D eigenvalue weighted by Gasteiger charge is 2.36. The molecule has 1 aromatic heterocycles. The first kappa shape index (κ1) is 19.4. The molecule has 0 radical (unpaired) electrons. The summed E-state index contributed by atoms with van der Waals surface area (Å²) in [5.74, 6) is 0.452. The van der Waals surface area contributed by atoms with Gasteiger partial charge in [-0.15, -0.1) is 11.3 Å². The summed E-state index contributed by atoms with van der Waals surface area (Å²) in [4.78, 5) is 21.4. The Balaban J connectivity index is 1.71. The molecule has 4 rings (SSSR count). The highest BCUT2D eigenvalue weighted by atomic mass is 35.5. The van der Waals surface area contributed by atoms with Crippen LogP contribution >= 0.6 is 22.9 Å². The van der Waals surface area contributed by atoms with Gasteiger partial charge in [0.15, 0.2) is 0 Å². The fraction of sp³-hybridized carbons (Fsp3) is 0.476. The van der Waals surface area contributed by atoms with E-state index in [-0.39, 0.29) is 28.8 Å². The molecule has 28 heavy (non-hydrogen) atoms. The zero-order chi connectivity index (χ0) is 19.7. The fourth-order valence-corrected chi connectivity index (χ4v) is 5.50. The van der Waals surface area contributed by atoms with Gasteiger partial charge in [0, 0.05) is 17.0 Å². The summed E-state index contributed by atoms with van der Waals surface area (Å²) in [5, 5.41) is 16.2. The number of nitrogens with one attached hydrogen (secondary N) is 1. The van der Waals surface area contributed by atoms with Crippen molar-refractivity contribution in [3.8, 4) is 5.75 Å². The number of amides is 2. The monoisotopic (exact) mass is 417 g/mol. The molecule has 2 aromatic rings. The number of carbonyl (C=O) groups is 1. The Labute approximate surface area is 173 Å². The standard InChI is InChI=1S/C21H24ClN3O2S/c1-2-15-18(20-23-16(11-28-20)12-6-4-3-5-7-12)19(25-21(27)24-15)13-8-9-17(26)14(22)10-13/h8-12,18-19,26H,2-7H2,1H3,(H,25,27). The molecule has 2 heterocycles. The van der Waals surface area contributed by atoms with Crippen molar-refractivity contribution in [1.82, 2.24) is 10.3 Å². The largest absolute Gasteiger partial charge is 0.506 e. The SMILES string of the molecule is CCC1=NC(=O)NC(c2ccc(O)c(Cl)c2)C1c1nc(C2CCCCC2)cs1. The van der Waals surface area contributed by atoms with Crippen LogP contribution in [-0.4, -0.2) is 21.8 Å². The smallest absolute Gasteiger partial charge is 0.341 e. The second-order valence-electron chi connectivity index (χ2n) is 7.52. The van der Waals surface area contributed by atoms with Crippen molar-refractivity contribution in [3.63, 3.8) is 0 Å². The van der Waals surface area contributed by atoms with E-state index >= 15 is 0 Å². The average Bonchev–Trinajstić information content (AvgIpc) is 3.19. The molecule has 1 aliphatic heterocycles. The summed E-state index contributed by atoms with van der Waals surface area (Å²) in [6, 6.07) is 4.43. The summed E-state index contributed by atoms with van der Waals surface area (Å²) in [5.41, 5.74) is 2.86. The molecule has 2 amide bonds. The van der Waals surface area contributed by atoms with E-state index in [1.807, 2.05) is 6.92 Å². The molecule has 0 saturated heterocycles. The zero-order valence-electron chi connectivity index (χ0n) is 15.8. The van der Waals surface area contributed by atoms with Gasteiger partial charge in [0.1, 0.15) is 10.8 Å². The van der Waals surface area contributed by atoms with Crippen LogP contribution in [0.2, 0.25) is 5.02 Å². The molecule has 1 saturated carbocycles. The summed E-state index contributed by atoms with van der Waals surface area (Å²) in [6.07, 6.45) is 6.95. The Morgan fingerprint density at radius 1 is 1.29 bits per heavy atom. The average molecular weight is 418 g/mol. The highest BCUT2D eigenvalue weighted by Crippen LogP contribution is 2.41. The summed E-state index contributed by atoms with van der Waals surface area (Å²) in [7, 11) is 0. The maximum Gasteiger partial charge on any atom is 0.341 e. The number of hydrogen-bond acceptors (Lipinski definition) is 4. The number of benzene rings is 1. The third-order valence-electron chi connectivity index (χ3n) is 5.74. The molecule has 2 aliphatic rings. The van der Waals surface area contributed by atoms with E-state index in [1.165, 1.54) is 37.8 Å². The summed E-state index contributed by atoms with van der Waals surface area (Å²) in [6.45, 7) is 2.01. The lowest BCUT2D eigenvalue weighted by atomic mass is 9.86. The lowest BCUT2D eigenvalue weighted by Gasteiger charge is -2.31. The first-order chi connectivity index (χ1) is 13.6. The molecule has 1 aliphatic carbocycles. The van der Waals surface area contributed by atoms with Gasteiger partial charge in [0.05, 0.1) is 22.7 Å². The van der Waals surface area contributed by atoms with Crippen molar-refractivity contribution in [2.75, 3.05) is 0 Å². The molecule has 5 nitrogen and oxygen atoms in total. The maximum absolute atomic E-state index is 12.2. The Hall–Kier alpha value is -1.92. The molecule has 0 bridgehead atoms. The van der Waals surface area contributed by atoms with Gasteiger partial charge in [-0.05, 0) is 37.0 Å². The molecule has 2 unspecified atom stereocenters. The summed E-state index contributed by atoms with van der Waals surface area (Å²) < 4.78 is 0. The number of phenols is 1. The van der Waals surface area contributed by atoms with Gasteiger partial charge in [0.25, 0.3) is 0 Å². The third kappa shape index (κ3) is 3.80. The number of aromatic hydroxyl groups is 1. The van der Waals surface area contributed by atoms with E-state index in [0.717, 1.165) is 16.3 Å². The van der Waals surface area contributed by atoms with Gasteiger partial charge in [-0.1, -0.05) is 43.9 Å². The number of nitrogens with zero attached hydrogens (tertiary/aromatic N) is 2. The lowest BCUT2D eigenvalue weighted by Crippen LogP contribution is -2.39. The molecule has 2 N–H and O–H groups in total. The van der Waals surface area contributed by atoms with Crippen molar-refractivity contribution in [2.24, 2.45) is 4.99 Å². The van der Waals surface area contributed by atoms with E-state index in [9.17, 15) is 9.90 Å². The van der Waals surface area contributed by atoms with Crippen LogP contribution in [0.25, 0.3) is 0 Å². The van der Waals surface area contributed by atoms with Crippen molar-refractivity contribution >= 4 is 34.7 Å². The summed E-state index contributed by atoms with van der Waals surface area (Å²) >= 11 is 7.78. The Bertz CT molecular complexity index is 905. The minimum atomic E-state index is -0.341. The first-order valence-corrected chi connectivity index (χ1v) is 11.1. The maximum atomic E-state index is 12.2. The van der Waals surface area contributed by atoms with Gasteiger partial charge >= 0.3 is 6.03 Å². The van der Waals surface area contributed by atoms with Crippen molar-refractivity contribution in [3.05, 3.63) is 44.9 Å². The third-order valence-corrected chi connectivity index (χ3v) is 6.99. The first-order valence-electron chi connectivity index (χ1n) is 9.88. The number of aliphatic imine (C=N–C) groups is 1. The molecule has 7 heteroatoms. The molecule has 0 spiro atoms. The predicted molar refractivity (Wildman–Crippen MR) is 113 cm³/mol. The number of urea groups is 1. The minimum Gasteiger partial charge on any atom is -0.506 e. The van der Waals surface area contributed by atoms with Crippen LogP contribution in [0.5, 0.6) is 5.75 Å². The van der Waals surface area contributed by atoms with Gasteiger partial charge in [0.2, 0.25) is 0 Å². The van der Waals surface area contributed by atoms with Crippen molar-refractivity contribution < 1.29 is 9.90 Å². The number of rotatable bonds is 4. The van der Waals surface area contributed by atoms with Gasteiger partial charge in [-0.3, -0.25) is 0 Å². The van der Waals surface area contributed by atoms with Crippen LogP contribution < -0.4 is 5.32 Å². The lowest BCUT2D eigenvalue weighted by molar-refractivity contribution is 0.242. The molecular weight excluding hydrogens is 394 g/mol. The Morgan fingerprint density at radius 3 is 2.79 bits per heavy atom. The number of carbonyl (C=O) groups excluding carboxylic acids is 1. The van der Waals surface area contributed by atoms with Crippen LogP contribution in [0.3, 0.4) is 0 Å². The van der Waals surface area contributed by atoms with Gasteiger partial charge in [-0.25, -0.2) is 14.8 Å². The van der Waals surface area contributed by atoms with E-state index in [0.29, 0.717) is 12.3 Å². The second kappa shape index (κ2) is 8.21. The highest BCUT2D eigenvalue weighted by molar-refractivity contribution is 7.09. The van der Waals surface area contributed by atoms with E-state index in [2.05, 4.69) is 15.7 Å². The van der Waals surface area contributed by atoms with Crippen molar-refractivity contribution in [2.45, 2.75) is 63.3 Å². The Morgan fingerprint density at radius 2 is 2.07 bits per heavy atom. The van der Waals surface area contributed by atoms with Crippen LogP contribution in [0.15, 0.2) is 28.6 Å². The van der Waals surface area contributed by atoms with E-state index in [1.54, 1.807) is 29.5 Å². The molecular formula is C21H24ClN3O2S. The van der Waals surface area contributed by atoms with Gasteiger partial charge < -0.3 is 10.4 Å². The molecule has 1 fully saturated rings. The minimum absolute atomic E-state index is 0.0299. The van der Waals surface area contributed by atoms with Crippen molar-refractivity contribution in [1.29, 1.82) is 0 Å². The number of phenolic OH excluding ortho intramolecular Hbond substituents is 1. The Kier molecular flexibility index (Phi) is 5.69. The predicted octanol–water partition coefficient (Wildman–Crippen LogP) is 5.95. The van der Waals surface area contributed by atoms with E-state index in [4.69, 9.17) is 16.6 Å². The molecule has 1 aromatic carbocycles. The fourth-order valence-electron chi connectivity index (χ4n) is 4.25. The van der Waals surface area contributed by atoms with Gasteiger partial charge in [-0.2, -0.15) is 0 Å². The second-order valence-corrected chi connectivity index (χ2v) is 8.81. The number of halogens is 1. The zero-order valence-corrected chi connectivity index (χ0v) is 17.4. The topological polar surface area (TPSA) is 74.6 Å². The number of aromatic nitrogens is 1. The van der Waals surface area contributed by atoms with Crippen LogP contribution in [0, 0.1) is 0 Å². The molecule has 2 atom stereocenters. The van der Waals surface area contributed by atoms with E-state index < -0.39 is 0 Å². The molecule has 148 valence electrons. The number of hydrogen-bond donors (Lipinski definition) is 2. The van der Waals surface area contributed by atoms with Crippen LogP contribution in [0.1, 0.15) is 79.6 Å². The quantitative estimate of drug-likeness (QED) is 0.645.